The van der Waals surface area contributed by atoms with Gasteiger partial charge in [0, 0.05) is 18.2 Å². The standard InChI is InChI=1S/C14H12N2.C13H10N2/c1-16-13-10-6-5-9-12(13)15-14(16)11-7-3-2-4-8-11;1-2-6-10(7-3-1)13-14-11-8-4-5-9-12(11)15-13/h2-10H,1H3;1-9H,(H,14,15). The minimum atomic E-state index is 0.928. The van der Waals surface area contributed by atoms with Crippen LogP contribution in [0.25, 0.3) is 44.8 Å². The highest BCUT2D eigenvalue weighted by atomic mass is 15.1. The van der Waals surface area contributed by atoms with E-state index >= 15 is 0 Å². The molecule has 2 heterocycles. The van der Waals surface area contributed by atoms with Gasteiger partial charge in [-0.05, 0) is 24.3 Å². The molecule has 0 amide bonds. The quantitative estimate of drug-likeness (QED) is 0.361. The van der Waals surface area contributed by atoms with Crippen LogP contribution in [-0.2, 0) is 7.05 Å². The van der Waals surface area contributed by atoms with E-state index in [9.17, 15) is 0 Å². The molecule has 0 fully saturated rings. The van der Waals surface area contributed by atoms with Gasteiger partial charge < -0.3 is 9.55 Å². The van der Waals surface area contributed by atoms with E-state index in [0.717, 1.165) is 39.3 Å². The normalized spacial score (nSPS) is 10.7. The predicted octanol–water partition coefficient (Wildman–Crippen LogP) is 6.47. The molecule has 0 saturated carbocycles. The van der Waals surface area contributed by atoms with Gasteiger partial charge >= 0.3 is 0 Å². The van der Waals surface area contributed by atoms with Crippen molar-refractivity contribution >= 4 is 22.1 Å². The largest absolute Gasteiger partial charge is 0.338 e. The number of aromatic amines is 1. The Hall–Kier alpha value is -4.18. The minimum absolute atomic E-state index is 0.928. The topological polar surface area (TPSA) is 46.5 Å². The van der Waals surface area contributed by atoms with Crippen LogP contribution < -0.4 is 0 Å². The van der Waals surface area contributed by atoms with Gasteiger partial charge in [-0.3, -0.25) is 0 Å². The van der Waals surface area contributed by atoms with Crippen molar-refractivity contribution in [1.82, 2.24) is 19.5 Å². The lowest BCUT2D eigenvalue weighted by atomic mass is 10.2. The highest BCUT2D eigenvalue weighted by Crippen LogP contribution is 2.23. The highest BCUT2D eigenvalue weighted by Gasteiger charge is 2.08. The van der Waals surface area contributed by atoms with E-state index in [1.54, 1.807) is 0 Å². The molecule has 4 nitrogen and oxygen atoms in total. The third-order valence-corrected chi connectivity index (χ3v) is 5.26. The Labute approximate surface area is 180 Å². The highest BCUT2D eigenvalue weighted by molar-refractivity contribution is 5.80. The maximum atomic E-state index is 4.65. The van der Waals surface area contributed by atoms with E-state index in [1.165, 1.54) is 5.52 Å². The molecule has 0 radical (unpaired) electrons. The SMILES string of the molecule is Cn1c(-c2ccccc2)nc2ccccc21.c1ccc(-c2nc3ccccc3[nH]2)cc1. The number of rotatable bonds is 2. The maximum Gasteiger partial charge on any atom is 0.140 e. The number of nitrogens with one attached hydrogen (secondary N) is 1. The van der Waals surface area contributed by atoms with Crippen LogP contribution in [0.5, 0.6) is 0 Å². The van der Waals surface area contributed by atoms with Gasteiger partial charge in [0.05, 0.1) is 22.1 Å². The van der Waals surface area contributed by atoms with Gasteiger partial charge in [-0.1, -0.05) is 84.9 Å². The number of aryl methyl sites for hydroxylation is 1. The van der Waals surface area contributed by atoms with Gasteiger partial charge in [-0.2, -0.15) is 0 Å². The van der Waals surface area contributed by atoms with Crippen LogP contribution in [0.3, 0.4) is 0 Å². The number of imidazole rings is 2. The van der Waals surface area contributed by atoms with Crippen LogP contribution in [-0.4, -0.2) is 19.5 Å². The van der Waals surface area contributed by atoms with Crippen molar-refractivity contribution in [1.29, 1.82) is 0 Å². The minimum Gasteiger partial charge on any atom is -0.338 e. The summed E-state index contributed by atoms with van der Waals surface area (Å²) in [5.41, 5.74) is 6.58. The molecule has 31 heavy (non-hydrogen) atoms. The second-order valence-electron chi connectivity index (χ2n) is 7.32. The third-order valence-electron chi connectivity index (χ3n) is 5.26. The van der Waals surface area contributed by atoms with Gasteiger partial charge in [0.2, 0.25) is 0 Å². The number of nitrogens with zero attached hydrogens (tertiary/aromatic N) is 3. The number of fused-ring (bicyclic) bond motifs is 2. The van der Waals surface area contributed by atoms with E-state index in [1.807, 2.05) is 78.9 Å². The summed E-state index contributed by atoms with van der Waals surface area (Å²) in [5.74, 6) is 1.94. The molecule has 0 bridgehead atoms. The summed E-state index contributed by atoms with van der Waals surface area (Å²) in [5, 5.41) is 0. The van der Waals surface area contributed by atoms with Crippen molar-refractivity contribution < 1.29 is 0 Å². The summed E-state index contributed by atoms with van der Waals surface area (Å²) in [6.07, 6.45) is 0. The molecular formula is C27H22N4. The summed E-state index contributed by atoms with van der Waals surface area (Å²) in [4.78, 5) is 12.5. The first kappa shape index (κ1) is 18.8. The smallest absolute Gasteiger partial charge is 0.140 e. The van der Waals surface area contributed by atoms with Crippen LogP contribution in [0.2, 0.25) is 0 Å². The van der Waals surface area contributed by atoms with Crippen LogP contribution in [0.15, 0.2) is 109 Å². The Morgan fingerprint density at radius 3 is 1.84 bits per heavy atom. The fourth-order valence-corrected chi connectivity index (χ4v) is 3.68. The molecule has 0 aliphatic heterocycles. The van der Waals surface area contributed by atoms with Crippen molar-refractivity contribution in [3.8, 4) is 22.8 Å². The van der Waals surface area contributed by atoms with Gasteiger partial charge in [0.1, 0.15) is 11.6 Å². The molecule has 0 aliphatic rings. The van der Waals surface area contributed by atoms with Gasteiger partial charge in [0.25, 0.3) is 0 Å². The fourth-order valence-electron chi connectivity index (χ4n) is 3.68. The summed E-state index contributed by atoms with van der Waals surface area (Å²) < 4.78 is 2.13. The molecule has 4 heteroatoms. The zero-order chi connectivity index (χ0) is 21.0. The fraction of sp³-hybridized carbons (Fsp3) is 0.0370. The van der Waals surface area contributed by atoms with Crippen LogP contribution >= 0.6 is 0 Å². The van der Waals surface area contributed by atoms with E-state index in [0.29, 0.717) is 0 Å². The monoisotopic (exact) mass is 402 g/mol. The van der Waals surface area contributed by atoms with Crippen LogP contribution in [0.1, 0.15) is 0 Å². The molecular weight excluding hydrogens is 380 g/mol. The number of H-pyrrole nitrogens is 1. The number of aromatic nitrogens is 4. The summed E-state index contributed by atoms with van der Waals surface area (Å²) in [6, 6.07) is 36.7. The molecule has 150 valence electrons. The average molecular weight is 403 g/mol. The lowest BCUT2D eigenvalue weighted by Gasteiger charge is -2.01. The Kier molecular flexibility index (Phi) is 5.03. The molecule has 0 atom stereocenters. The molecule has 0 saturated heterocycles. The van der Waals surface area contributed by atoms with Gasteiger partial charge in [0.15, 0.2) is 0 Å². The van der Waals surface area contributed by atoms with Gasteiger partial charge in [-0.25, -0.2) is 9.97 Å². The van der Waals surface area contributed by atoms with E-state index in [2.05, 4.69) is 56.9 Å². The molecule has 0 unspecified atom stereocenters. The van der Waals surface area contributed by atoms with Crippen molar-refractivity contribution in [2.75, 3.05) is 0 Å². The first-order valence-electron chi connectivity index (χ1n) is 10.3. The molecule has 2 aromatic heterocycles. The van der Waals surface area contributed by atoms with Crippen LogP contribution in [0, 0.1) is 0 Å². The Balaban J connectivity index is 0.000000132. The van der Waals surface area contributed by atoms with Crippen molar-refractivity contribution in [3.05, 3.63) is 109 Å². The number of para-hydroxylation sites is 4. The predicted molar refractivity (Wildman–Crippen MR) is 128 cm³/mol. The first-order valence-corrected chi connectivity index (χ1v) is 10.3. The van der Waals surface area contributed by atoms with Crippen molar-refractivity contribution in [3.63, 3.8) is 0 Å². The molecule has 4 aromatic carbocycles. The Morgan fingerprint density at radius 2 is 1.16 bits per heavy atom. The summed E-state index contributed by atoms with van der Waals surface area (Å²) in [7, 11) is 2.05. The third kappa shape index (κ3) is 3.83. The zero-order valence-corrected chi connectivity index (χ0v) is 17.2. The number of benzene rings is 4. The van der Waals surface area contributed by atoms with Crippen molar-refractivity contribution in [2.45, 2.75) is 0 Å². The maximum absolute atomic E-state index is 4.65. The average Bonchev–Trinajstić information content (AvgIpc) is 3.42. The molecule has 1 N–H and O–H groups in total. The molecule has 0 aliphatic carbocycles. The summed E-state index contributed by atoms with van der Waals surface area (Å²) >= 11 is 0. The second-order valence-corrected chi connectivity index (χ2v) is 7.32. The Bertz CT molecular complexity index is 1400. The van der Waals surface area contributed by atoms with Gasteiger partial charge in [-0.15, -0.1) is 0 Å². The number of hydrogen-bond acceptors (Lipinski definition) is 2. The molecule has 6 aromatic rings. The lowest BCUT2D eigenvalue weighted by molar-refractivity contribution is 0.959. The van der Waals surface area contributed by atoms with Crippen molar-refractivity contribution in [2.24, 2.45) is 7.05 Å². The molecule has 6 rings (SSSR count). The second kappa shape index (κ2) is 8.28. The van der Waals surface area contributed by atoms with E-state index in [-0.39, 0.29) is 0 Å². The lowest BCUT2D eigenvalue weighted by Crippen LogP contribution is -1.91. The first-order chi connectivity index (χ1) is 15.3. The zero-order valence-electron chi connectivity index (χ0n) is 17.2. The van der Waals surface area contributed by atoms with Crippen LogP contribution in [0.4, 0.5) is 0 Å². The Morgan fingerprint density at radius 1 is 0.581 bits per heavy atom. The number of hydrogen-bond donors (Lipinski definition) is 1. The molecule has 0 spiro atoms. The van der Waals surface area contributed by atoms with E-state index < -0.39 is 0 Å². The summed E-state index contributed by atoms with van der Waals surface area (Å²) in [6.45, 7) is 0. The van der Waals surface area contributed by atoms with E-state index in [4.69, 9.17) is 0 Å².